The van der Waals surface area contributed by atoms with E-state index in [1.807, 2.05) is 6.92 Å². The molecule has 3 nitrogen and oxygen atoms in total. The van der Waals surface area contributed by atoms with Crippen LogP contribution in [0.25, 0.3) is 0 Å². The van der Waals surface area contributed by atoms with Crippen molar-refractivity contribution >= 4 is 0 Å². The molecule has 72 valence electrons. The van der Waals surface area contributed by atoms with E-state index >= 15 is 0 Å². The van der Waals surface area contributed by atoms with Crippen molar-refractivity contribution in [2.75, 3.05) is 19.8 Å². The topological polar surface area (TPSA) is 49.7 Å². The highest BCUT2D eigenvalue weighted by Crippen LogP contribution is 2.13. The molecule has 3 heteroatoms. The molecule has 0 rings (SSSR count). The Balaban J connectivity index is 3.51. The first-order valence-corrected chi connectivity index (χ1v) is 4.20. The van der Waals surface area contributed by atoms with Crippen LogP contribution in [0, 0.1) is 0 Å². The van der Waals surface area contributed by atoms with Gasteiger partial charge in [-0.15, -0.1) is 6.58 Å². The summed E-state index contributed by atoms with van der Waals surface area (Å²) in [6.07, 6.45) is 2.67. The van der Waals surface area contributed by atoms with Gasteiger partial charge in [0.15, 0.2) is 0 Å². The van der Waals surface area contributed by atoms with Crippen LogP contribution in [0.4, 0.5) is 0 Å². The second-order valence-electron chi connectivity index (χ2n) is 2.85. The van der Waals surface area contributed by atoms with E-state index in [1.54, 1.807) is 6.08 Å². The van der Waals surface area contributed by atoms with Crippen LogP contribution < -0.4 is 0 Å². The van der Waals surface area contributed by atoms with Crippen LogP contribution in [-0.2, 0) is 4.74 Å². The Kier molecular flexibility index (Phi) is 5.98. The van der Waals surface area contributed by atoms with E-state index in [0.717, 1.165) is 0 Å². The van der Waals surface area contributed by atoms with Crippen molar-refractivity contribution in [3.63, 3.8) is 0 Å². The molecule has 0 aromatic rings. The SMILES string of the molecule is C=CCOCCC(O)(CC)CO. The van der Waals surface area contributed by atoms with Crippen molar-refractivity contribution in [2.45, 2.75) is 25.4 Å². The Labute approximate surface area is 73.7 Å². The van der Waals surface area contributed by atoms with Crippen LogP contribution >= 0.6 is 0 Å². The van der Waals surface area contributed by atoms with E-state index < -0.39 is 5.60 Å². The average Bonchev–Trinajstić information content (AvgIpc) is 2.12. The lowest BCUT2D eigenvalue weighted by Crippen LogP contribution is -2.33. The van der Waals surface area contributed by atoms with Gasteiger partial charge in [-0.3, -0.25) is 0 Å². The highest BCUT2D eigenvalue weighted by molar-refractivity contribution is 4.75. The van der Waals surface area contributed by atoms with Crippen molar-refractivity contribution in [3.8, 4) is 0 Å². The zero-order chi connectivity index (χ0) is 9.45. The molecule has 0 amide bonds. The average molecular weight is 174 g/mol. The van der Waals surface area contributed by atoms with Gasteiger partial charge in [-0.05, 0) is 6.42 Å². The molecule has 1 atom stereocenters. The molecule has 0 radical (unpaired) electrons. The van der Waals surface area contributed by atoms with Gasteiger partial charge >= 0.3 is 0 Å². The molecule has 0 bridgehead atoms. The first-order chi connectivity index (χ1) is 5.68. The Hall–Kier alpha value is -0.380. The molecular formula is C9H18O3. The number of aliphatic hydroxyl groups is 2. The third-order valence-corrected chi connectivity index (χ3v) is 1.90. The molecule has 0 aromatic heterocycles. The Morgan fingerprint density at radius 3 is 2.67 bits per heavy atom. The zero-order valence-corrected chi connectivity index (χ0v) is 7.62. The van der Waals surface area contributed by atoms with E-state index in [2.05, 4.69) is 6.58 Å². The minimum absolute atomic E-state index is 0.207. The molecule has 0 fully saturated rings. The fourth-order valence-electron chi connectivity index (χ4n) is 0.796. The molecule has 0 aromatic carbocycles. The summed E-state index contributed by atoms with van der Waals surface area (Å²) in [4.78, 5) is 0. The summed E-state index contributed by atoms with van der Waals surface area (Å²) in [7, 11) is 0. The summed E-state index contributed by atoms with van der Waals surface area (Å²) in [5.74, 6) is 0. The van der Waals surface area contributed by atoms with Gasteiger partial charge in [0.1, 0.15) is 0 Å². The zero-order valence-electron chi connectivity index (χ0n) is 7.62. The van der Waals surface area contributed by atoms with Gasteiger partial charge in [0.05, 0.1) is 18.8 Å². The summed E-state index contributed by atoms with van der Waals surface area (Å²) in [6, 6.07) is 0. The van der Waals surface area contributed by atoms with Crippen molar-refractivity contribution in [1.29, 1.82) is 0 Å². The standard InChI is InChI=1S/C9H18O3/c1-3-6-12-7-5-9(11,4-2)8-10/h3,10-11H,1,4-8H2,2H3. The molecular weight excluding hydrogens is 156 g/mol. The molecule has 0 aliphatic rings. The maximum Gasteiger partial charge on any atom is 0.0896 e. The monoisotopic (exact) mass is 174 g/mol. The smallest absolute Gasteiger partial charge is 0.0896 e. The molecule has 0 aliphatic heterocycles. The van der Waals surface area contributed by atoms with E-state index in [1.165, 1.54) is 0 Å². The fourth-order valence-corrected chi connectivity index (χ4v) is 0.796. The van der Waals surface area contributed by atoms with Crippen LogP contribution in [0.3, 0.4) is 0 Å². The van der Waals surface area contributed by atoms with Crippen molar-refractivity contribution in [2.24, 2.45) is 0 Å². The largest absolute Gasteiger partial charge is 0.393 e. The minimum atomic E-state index is -0.971. The fraction of sp³-hybridized carbons (Fsp3) is 0.778. The Morgan fingerprint density at radius 2 is 2.25 bits per heavy atom. The van der Waals surface area contributed by atoms with Crippen LogP contribution in [-0.4, -0.2) is 35.6 Å². The number of hydrogen-bond donors (Lipinski definition) is 2. The molecule has 1 unspecified atom stereocenters. The van der Waals surface area contributed by atoms with Gasteiger partial charge in [0.2, 0.25) is 0 Å². The third-order valence-electron chi connectivity index (χ3n) is 1.90. The van der Waals surface area contributed by atoms with Crippen LogP contribution in [0.15, 0.2) is 12.7 Å². The highest BCUT2D eigenvalue weighted by atomic mass is 16.5. The first-order valence-electron chi connectivity index (χ1n) is 4.20. The van der Waals surface area contributed by atoms with E-state index in [4.69, 9.17) is 9.84 Å². The number of aliphatic hydroxyl groups excluding tert-OH is 1. The predicted octanol–water partition coefficient (Wildman–Crippen LogP) is 0.712. The van der Waals surface area contributed by atoms with Crippen LogP contribution in [0.2, 0.25) is 0 Å². The maximum atomic E-state index is 9.57. The van der Waals surface area contributed by atoms with Crippen LogP contribution in [0.5, 0.6) is 0 Å². The molecule has 0 aliphatic carbocycles. The molecule has 12 heavy (non-hydrogen) atoms. The van der Waals surface area contributed by atoms with Gasteiger partial charge in [0, 0.05) is 13.0 Å². The number of ether oxygens (including phenoxy) is 1. The van der Waals surface area contributed by atoms with Crippen LogP contribution in [0.1, 0.15) is 19.8 Å². The lowest BCUT2D eigenvalue weighted by atomic mass is 9.98. The summed E-state index contributed by atoms with van der Waals surface area (Å²) in [6.45, 7) is 6.07. The van der Waals surface area contributed by atoms with Crippen molar-refractivity contribution in [1.82, 2.24) is 0 Å². The normalized spacial score (nSPS) is 15.6. The Bertz CT molecular complexity index is 119. The van der Waals surface area contributed by atoms with Crippen molar-refractivity contribution in [3.05, 3.63) is 12.7 Å². The quantitative estimate of drug-likeness (QED) is 0.441. The second-order valence-corrected chi connectivity index (χ2v) is 2.85. The number of rotatable bonds is 7. The van der Waals surface area contributed by atoms with E-state index in [9.17, 15) is 5.11 Å². The number of hydrogen-bond acceptors (Lipinski definition) is 3. The van der Waals surface area contributed by atoms with Crippen molar-refractivity contribution < 1.29 is 14.9 Å². The molecule has 0 saturated carbocycles. The summed E-state index contributed by atoms with van der Waals surface area (Å²) >= 11 is 0. The predicted molar refractivity (Wildman–Crippen MR) is 48.0 cm³/mol. The second kappa shape index (κ2) is 6.17. The van der Waals surface area contributed by atoms with Gasteiger partial charge < -0.3 is 14.9 Å². The lowest BCUT2D eigenvalue weighted by Gasteiger charge is -2.23. The molecule has 0 saturated heterocycles. The lowest BCUT2D eigenvalue weighted by molar-refractivity contribution is -0.0409. The molecule has 0 heterocycles. The van der Waals surface area contributed by atoms with Gasteiger partial charge in [-0.1, -0.05) is 13.0 Å². The van der Waals surface area contributed by atoms with E-state index in [-0.39, 0.29) is 6.61 Å². The summed E-state index contributed by atoms with van der Waals surface area (Å²) in [5, 5.41) is 18.4. The maximum absolute atomic E-state index is 9.57. The van der Waals surface area contributed by atoms with Gasteiger partial charge in [-0.25, -0.2) is 0 Å². The summed E-state index contributed by atoms with van der Waals surface area (Å²) in [5.41, 5.74) is -0.971. The third kappa shape index (κ3) is 4.49. The van der Waals surface area contributed by atoms with Gasteiger partial charge in [-0.2, -0.15) is 0 Å². The molecule has 0 spiro atoms. The minimum Gasteiger partial charge on any atom is -0.393 e. The summed E-state index contributed by atoms with van der Waals surface area (Å²) < 4.78 is 5.09. The highest BCUT2D eigenvalue weighted by Gasteiger charge is 2.22. The Morgan fingerprint density at radius 1 is 1.58 bits per heavy atom. The molecule has 2 N–H and O–H groups in total. The van der Waals surface area contributed by atoms with Gasteiger partial charge in [0.25, 0.3) is 0 Å². The van der Waals surface area contributed by atoms with E-state index in [0.29, 0.717) is 26.1 Å². The first kappa shape index (κ1) is 11.6.